The molecule has 3 aromatic carbocycles. The molecule has 2 heterocycles. The van der Waals surface area contributed by atoms with Crippen molar-refractivity contribution >= 4 is 17.6 Å². The highest BCUT2D eigenvalue weighted by molar-refractivity contribution is 5.94. The SMILES string of the molecule is CCOC(=O)c1cc(-c2ccc(N3CCN(C(=O)c4ccc(C#N)cc4)CC3)cc2)n(-c2ccc(OC)cc2)n1. The maximum atomic E-state index is 12.9. The van der Waals surface area contributed by atoms with Crippen LogP contribution in [0.25, 0.3) is 16.9 Å². The van der Waals surface area contributed by atoms with Gasteiger partial charge in [0.2, 0.25) is 0 Å². The van der Waals surface area contributed by atoms with Crippen LogP contribution in [0.4, 0.5) is 5.69 Å². The van der Waals surface area contributed by atoms with E-state index in [1.165, 1.54) is 0 Å². The number of carbonyl (C=O) groups is 2. The second kappa shape index (κ2) is 11.7. The van der Waals surface area contributed by atoms with Gasteiger partial charge in [-0.05, 0) is 73.7 Å². The summed E-state index contributed by atoms with van der Waals surface area (Å²) in [5, 5.41) is 13.5. The Kier molecular flexibility index (Phi) is 7.78. The predicted octanol–water partition coefficient (Wildman–Crippen LogP) is 4.56. The Morgan fingerprint density at radius 2 is 1.55 bits per heavy atom. The van der Waals surface area contributed by atoms with Crippen LogP contribution in [-0.2, 0) is 4.74 Å². The minimum atomic E-state index is -0.471. The molecule has 40 heavy (non-hydrogen) atoms. The molecule has 0 spiro atoms. The van der Waals surface area contributed by atoms with E-state index in [4.69, 9.17) is 14.7 Å². The number of benzene rings is 3. The van der Waals surface area contributed by atoms with Gasteiger partial charge in [-0.1, -0.05) is 12.1 Å². The summed E-state index contributed by atoms with van der Waals surface area (Å²) in [6, 6.07) is 26.1. The molecule has 0 bridgehead atoms. The number of hydrogen-bond acceptors (Lipinski definition) is 7. The average molecular weight is 536 g/mol. The van der Waals surface area contributed by atoms with Gasteiger partial charge in [0.05, 0.1) is 36.7 Å². The van der Waals surface area contributed by atoms with Crippen LogP contribution < -0.4 is 9.64 Å². The molecule has 1 aromatic heterocycles. The van der Waals surface area contributed by atoms with Crippen LogP contribution in [0.3, 0.4) is 0 Å². The minimum absolute atomic E-state index is 0.0244. The lowest BCUT2D eigenvalue weighted by atomic mass is 10.1. The van der Waals surface area contributed by atoms with Crippen LogP contribution in [0, 0.1) is 11.3 Å². The highest BCUT2D eigenvalue weighted by Crippen LogP contribution is 2.28. The summed E-state index contributed by atoms with van der Waals surface area (Å²) in [6.45, 7) is 4.66. The Morgan fingerprint density at radius 1 is 0.900 bits per heavy atom. The van der Waals surface area contributed by atoms with Gasteiger partial charge in [-0.3, -0.25) is 4.79 Å². The van der Waals surface area contributed by atoms with Crippen molar-refractivity contribution in [1.29, 1.82) is 5.26 Å². The van der Waals surface area contributed by atoms with Gasteiger partial charge < -0.3 is 19.3 Å². The average Bonchev–Trinajstić information content (AvgIpc) is 3.47. The third-order valence-corrected chi connectivity index (χ3v) is 6.87. The fourth-order valence-corrected chi connectivity index (χ4v) is 4.69. The molecular weight excluding hydrogens is 506 g/mol. The van der Waals surface area contributed by atoms with Crippen molar-refractivity contribution in [3.05, 3.63) is 95.7 Å². The number of piperazine rings is 1. The van der Waals surface area contributed by atoms with Crippen LogP contribution in [0.1, 0.15) is 33.3 Å². The second-order valence-electron chi connectivity index (χ2n) is 9.26. The molecule has 0 radical (unpaired) electrons. The maximum Gasteiger partial charge on any atom is 0.358 e. The Balaban J connectivity index is 1.32. The number of rotatable bonds is 7. The summed E-state index contributed by atoms with van der Waals surface area (Å²) in [5.41, 5.74) is 4.87. The number of anilines is 1. The molecule has 0 N–H and O–H groups in total. The van der Waals surface area contributed by atoms with Crippen molar-refractivity contribution in [1.82, 2.24) is 14.7 Å². The van der Waals surface area contributed by atoms with Gasteiger partial charge in [-0.2, -0.15) is 10.4 Å². The number of aromatic nitrogens is 2. The molecule has 1 saturated heterocycles. The van der Waals surface area contributed by atoms with Crippen molar-refractivity contribution in [3.63, 3.8) is 0 Å². The number of hydrogen-bond donors (Lipinski definition) is 0. The molecule has 202 valence electrons. The number of amides is 1. The zero-order valence-electron chi connectivity index (χ0n) is 22.4. The molecule has 1 amide bonds. The molecular formula is C31H29N5O4. The largest absolute Gasteiger partial charge is 0.497 e. The van der Waals surface area contributed by atoms with E-state index in [9.17, 15) is 9.59 Å². The van der Waals surface area contributed by atoms with Gasteiger partial charge in [-0.15, -0.1) is 0 Å². The third kappa shape index (κ3) is 5.52. The van der Waals surface area contributed by atoms with Crippen molar-refractivity contribution in [2.45, 2.75) is 6.92 Å². The lowest BCUT2D eigenvalue weighted by molar-refractivity contribution is 0.0518. The molecule has 1 aliphatic heterocycles. The van der Waals surface area contributed by atoms with E-state index in [-0.39, 0.29) is 18.2 Å². The van der Waals surface area contributed by atoms with Gasteiger partial charge in [0.15, 0.2) is 5.69 Å². The molecule has 5 rings (SSSR count). The molecule has 4 aromatic rings. The van der Waals surface area contributed by atoms with Crippen LogP contribution >= 0.6 is 0 Å². The van der Waals surface area contributed by atoms with Gasteiger partial charge in [0.25, 0.3) is 5.91 Å². The Morgan fingerprint density at radius 3 is 2.15 bits per heavy atom. The van der Waals surface area contributed by atoms with Crippen molar-refractivity contribution in [2.75, 3.05) is 44.8 Å². The summed E-state index contributed by atoms with van der Waals surface area (Å²) < 4.78 is 12.2. The smallest absolute Gasteiger partial charge is 0.358 e. The van der Waals surface area contributed by atoms with Gasteiger partial charge in [0, 0.05) is 43.0 Å². The zero-order chi connectivity index (χ0) is 28.1. The first-order chi connectivity index (χ1) is 19.5. The summed E-state index contributed by atoms with van der Waals surface area (Å²) in [5.74, 6) is 0.232. The van der Waals surface area contributed by atoms with E-state index in [0.717, 1.165) is 28.4 Å². The van der Waals surface area contributed by atoms with E-state index >= 15 is 0 Å². The van der Waals surface area contributed by atoms with Crippen LogP contribution in [0.5, 0.6) is 5.75 Å². The first kappa shape index (κ1) is 26.5. The number of methoxy groups -OCH3 is 1. The lowest BCUT2D eigenvalue weighted by Gasteiger charge is -2.36. The van der Waals surface area contributed by atoms with Crippen molar-refractivity contribution in [2.24, 2.45) is 0 Å². The van der Waals surface area contributed by atoms with E-state index in [0.29, 0.717) is 37.3 Å². The minimum Gasteiger partial charge on any atom is -0.497 e. The molecule has 0 saturated carbocycles. The predicted molar refractivity (Wildman–Crippen MR) is 151 cm³/mol. The van der Waals surface area contributed by atoms with Crippen LogP contribution in [-0.4, -0.2) is 66.5 Å². The molecule has 0 atom stereocenters. The Labute approximate surface area is 232 Å². The highest BCUT2D eigenvalue weighted by atomic mass is 16.5. The topological polar surface area (TPSA) is 101 Å². The number of nitriles is 1. The number of esters is 1. The van der Waals surface area contributed by atoms with E-state index < -0.39 is 5.97 Å². The van der Waals surface area contributed by atoms with Crippen molar-refractivity contribution in [3.8, 4) is 28.8 Å². The number of carbonyl (C=O) groups excluding carboxylic acids is 2. The normalized spacial score (nSPS) is 13.0. The lowest BCUT2D eigenvalue weighted by Crippen LogP contribution is -2.48. The van der Waals surface area contributed by atoms with E-state index in [1.807, 2.05) is 53.4 Å². The van der Waals surface area contributed by atoms with Gasteiger partial charge in [0.1, 0.15) is 5.75 Å². The zero-order valence-corrected chi connectivity index (χ0v) is 22.4. The fraction of sp³-hybridized carbons (Fsp3) is 0.226. The summed E-state index contributed by atoms with van der Waals surface area (Å²) in [4.78, 5) is 29.4. The maximum absolute atomic E-state index is 12.9. The monoisotopic (exact) mass is 535 g/mol. The van der Waals surface area contributed by atoms with Crippen LogP contribution in [0.15, 0.2) is 78.9 Å². The summed E-state index contributed by atoms with van der Waals surface area (Å²) in [6.07, 6.45) is 0. The summed E-state index contributed by atoms with van der Waals surface area (Å²) in [7, 11) is 1.61. The molecule has 1 fully saturated rings. The first-order valence-corrected chi connectivity index (χ1v) is 13.1. The Bertz CT molecular complexity index is 1530. The fourth-order valence-electron chi connectivity index (χ4n) is 4.69. The summed E-state index contributed by atoms with van der Waals surface area (Å²) >= 11 is 0. The second-order valence-corrected chi connectivity index (χ2v) is 9.26. The molecule has 1 aliphatic rings. The Hall–Kier alpha value is -5.10. The standard InChI is InChI=1S/C31H29N5O4/c1-3-40-31(38)28-20-29(36(33-28)26-12-14-27(39-2)15-13-26)23-8-10-25(11-9-23)34-16-18-35(19-17-34)30(37)24-6-4-22(21-32)5-7-24/h4-15,20H,3,16-19H2,1-2H3. The van der Waals surface area contributed by atoms with Gasteiger partial charge >= 0.3 is 5.97 Å². The number of ether oxygens (including phenoxy) is 2. The number of nitrogens with zero attached hydrogens (tertiary/aromatic N) is 5. The molecule has 9 nitrogen and oxygen atoms in total. The molecule has 0 unspecified atom stereocenters. The van der Waals surface area contributed by atoms with E-state index in [1.54, 1.807) is 49.0 Å². The molecule has 9 heteroatoms. The van der Waals surface area contributed by atoms with Crippen LogP contribution in [0.2, 0.25) is 0 Å². The first-order valence-electron chi connectivity index (χ1n) is 13.1. The van der Waals surface area contributed by atoms with Gasteiger partial charge in [-0.25, -0.2) is 9.48 Å². The third-order valence-electron chi connectivity index (χ3n) is 6.87. The quantitative estimate of drug-likeness (QED) is 0.320. The van der Waals surface area contributed by atoms with Crippen molar-refractivity contribution < 1.29 is 19.1 Å². The molecule has 0 aliphatic carbocycles. The highest BCUT2D eigenvalue weighted by Gasteiger charge is 2.23. The van der Waals surface area contributed by atoms with E-state index in [2.05, 4.69) is 16.1 Å².